The molecule has 10 atom stereocenters. The molecule has 1 aliphatic heterocycles. The van der Waals surface area contributed by atoms with Gasteiger partial charge in [-0.1, -0.05) is 85.2 Å². The summed E-state index contributed by atoms with van der Waals surface area (Å²) in [6.45, 7) is 16.3. The van der Waals surface area contributed by atoms with Crippen molar-refractivity contribution in [1.82, 2.24) is 25.3 Å². The standard InChI is InChI=1S/C44H75N5O9/c1-14-29(6)39(48(10)44(55)37(27(2)3)46-43(54)38(28(4)5)47(9)24-19-23-36(51)57-12)34(56-11)26-35(50)49-25-18-22-33(49)41(58-13)30(7)42(53)45-31(8)40(52)32-20-16-15-17-21-32/h15-17,20-21,27-31,33-34,37-41,52H,14,18-19,22-26H2,1-13H3,(H,45,53)(H,46,54)/t29-,30+,31+,33-,34+,37-,38-,39-,40+,41+/m0/s1. The van der Waals surface area contributed by atoms with Crippen LogP contribution in [0.25, 0.3) is 0 Å². The average Bonchev–Trinajstić information content (AvgIpc) is 3.68. The fourth-order valence-electron chi connectivity index (χ4n) is 8.38. The van der Waals surface area contributed by atoms with E-state index in [1.807, 2.05) is 83.8 Å². The topological polar surface area (TPSA) is 167 Å². The van der Waals surface area contributed by atoms with Crippen LogP contribution in [-0.2, 0) is 38.2 Å². The second-order valence-corrected chi connectivity index (χ2v) is 16.8. The smallest absolute Gasteiger partial charge is 0.305 e. The molecule has 0 spiro atoms. The van der Waals surface area contributed by atoms with Gasteiger partial charge in [0.05, 0.1) is 61.9 Å². The monoisotopic (exact) mass is 818 g/mol. The second kappa shape index (κ2) is 24.5. The highest BCUT2D eigenvalue weighted by molar-refractivity contribution is 5.90. The normalized spacial score (nSPS) is 19.1. The molecule has 1 aliphatic rings. The maximum atomic E-state index is 14.4. The number of esters is 1. The van der Waals surface area contributed by atoms with E-state index in [0.717, 1.165) is 6.42 Å². The summed E-state index contributed by atoms with van der Waals surface area (Å²) in [6, 6.07) is 6.38. The van der Waals surface area contributed by atoms with Crippen LogP contribution in [0.15, 0.2) is 30.3 Å². The molecule has 14 heteroatoms. The number of likely N-dealkylation sites (tertiary alicyclic amines) is 1. The molecule has 0 radical (unpaired) electrons. The number of hydrogen-bond donors (Lipinski definition) is 3. The van der Waals surface area contributed by atoms with Gasteiger partial charge in [-0.05, 0) is 63.1 Å². The molecule has 4 amide bonds. The number of benzene rings is 1. The highest BCUT2D eigenvalue weighted by Gasteiger charge is 2.43. The summed E-state index contributed by atoms with van der Waals surface area (Å²) >= 11 is 0. The van der Waals surface area contributed by atoms with Gasteiger partial charge in [-0.3, -0.25) is 28.9 Å². The minimum absolute atomic E-state index is 0.00143. The number of amides is 4. The highest BCUT2D eigenvalue weighted by atomic mass is 16.5. The van der Waals surface area contributed by atoms with Crippen LogP contribution < -0.4 is 10.6 Å². The van der Waals surface area contributed by atoms with Crippen molar-refractivity contribution in [1.29, 1.82) is 0 Å². The number of nitrogens with zero attached hydrogens (tertiary/aromatic N) is 3. The van der Waals surface area contributed by atoms with Crippen molar-refractivity contribution >= 4 is 29.6 Å². The second-order valence-electron chi connectivity index (χ2n) is 16.8. The van der Waals surface area contributed by atoms with Gasteiger partial charge < -0.3 is 39.8 Å². The van der Waals surface area contributed by atoms with Crippen molar-refractivity contribution in [3.63, 3.8) is 0 Å². The summed E-state index contributed by atoms with van der Waals surface area (Å²) in [5.74, 6) is -2.28. The Hall–Kier alpha value is -3.59. The van der Waals surface area contributed by atoms with Gasteiger partial charge >= 0.3 is 5.97 Å². The molecule has 14 nitrogen and oxygen atoms in total. The molecule has 3 N–H and O–H groups in total. The third-order valence-electron chi connectivity index (χ3n) is 12.0. The van der Waals surface area contributed by atoms with Crippen molar-refractivity contribution in [3.8, 4) is 0 Å². The van der Waals surface area contributed by atoms with Gasteiger partial charge in [-0.2, -0.15) is 0 Å². The number of aliphatic hydroxyl groups excluding tert-OH is 1. The molecule has 1 aromatic carbocycles. The molecular formula is C44H75N5O9. The van der Waals surface area contributed by atoms with Crippen molar-refractivity contribution in [2.75, 3.05) is 48.5 Å². The van der Waals surface area contributed by atoms with Gasteiger partial charge in [0.25, 0.3) is 0 Å². The minimum Gasteiger partial charge on any atom is -0.469 e. The van der Waals surface area contributed by atoms with E-state index in [0.29, 0.717) is 37.9 Å². The summed E-state index contributed by atoms with van der Waals surface area (Å²) in [5.41, 5.74) is 0.701. The quantitative estimate of drug-likeness (QED) is 0.129. The Morgan fingerprint density at radius 2 is 1.53 bits per heavy atom. The molecule has 0 unspecified atom stereocenters. The maximum absolute atomic E-state index is 14.4. The average molecular weight is 818 g/mol. The largest absolute Gasteiger partial charge is 0.469 e. The Morgan fingerprint density at radius 3 is 2.07 bits per heavy atom. The van der Waals surface area contributed by atoms with E-state index in [1.54, 1.807) is 44.9 Å². The lowest BCUT2D eigenvalue weighted by atomic mass is 9.89. The molecule has 1 saturated heterocycles. The van der Waals surface area contributed by atoms with E-state index in [-0.39, 0.29) is 66.2 Å². The molecule has 58 heavy (non-hydrogen) atoms. The van der Waals surface area contributed by atoms with Crippen LogP contribution in [0.4, 0.5) is 0 Å². The first-order valence-corrected chi connectivity index (χ1v) is 21.1. The Morgan fingerprint density at radius 1 is 0.897 bits per heavy atom. The third kappa shape index (κ3) is 13.7. The molecule has 330 valence electrons. The summed E-state index contributed by atoms with van der Waals surface area (Å²) in [5, 5.41) is 16.9. The lowest BCUT2D eigenvalue weighted by Gasteiger charge is -2.41. The molecular weight excluding hydrogens is 743 g/mol. The van der Waals surface area contributed by atoms with Gasteiger partial charge in [0.2, 0.25) is 23.6 Å². The number of ether oxygens (including phenoxy) is 3. The fraction of sp³-hybridized carbons (Fsp3) is 0.750. The zero-order valence-corrected chi connectivity index (χ0v) is 37.5. The molecule has 0 bridgehead atoms. The third-order valence-corrected chi connectivity index (χ3v) is 12.0. The Bertz CT molecular complexity index is 1450. The van der Waals surface area contributed by atoms with Crippen LogP contribution in [0, 0.1) is 23.7 Å². The number of rotatable bonds is 24. The Kier molecular flexibility index (Phi) is 21.3. The first-order chi connectivity index (χ1) is 27.4. The van der Waals surface area contributed by atoms with E-state index in [1.165, 1.54) is 7.11 Å². The van der Waals surface area contributed by atoms with Crippen molar-refractivity contribution < 1.29 is 43.3 Å². The first-order valence-electron chi connectivity index (χ1n) is 21.1. The highest BCUT2D eigenvalue weighted by Crippen LogP contribution is 2.30. The molecule has 0 saturated carbocycles. The Balaban J connectivity index is 2.25. The number of nitrogens with one attached hydrogen (secondary N) is 2. The lowest BCUT2D eigenvalue weighted by molar-refractivity contribution is -0.148. The van der Waals surface area contributed by atoms with E-state index < -0.39 is 48.4 Å². The van der Waals surface area contributed by atoms with Gasteiger partial charge in [-0.25, -0.2) is 0 Å². The molecule has 2 rings (SSSR count). The zero-order chi connectivity index (χ0) is 43.9. The van der Waals surface area contributed by atoms with Crippen LogP contribution in [0.1, 0.15) is 106 Å². The number of carbonyl (C=O) groups excluding carboxylic acids is 5. The van der Waals surface area contributed by atoms with Gasteiger partial charge in [0.15, 0.2) is 0 Å². The van der Waals surface area contributed by atoms with Crippen LogP contribution in [0.2, 0.25) is 0 Å². The SMILES string of the molecule is CC[C@H](C)[C@@H]([C@@H](CC(=O)N1CCC[C@H]1[C@H](OC)[C@@H](C)C(=O)N[C@H](C)[C@@H](O)c1ccccc1)OC)N(C)C(=O)[C@@H](NC(=O)[C@H](C(C)C)N(C)CCCC(=O)OC)C(C)C. The molecule has 1 heterocycles. The predicted molar refractivity (Wildman–Crippen MR) is 224 cm³/mol. The molecule has 0 aromatic heterocycles. The maximum Gasteiger partial charge on any atom is 0.305 e. The summed E-state index contributed by atoms with van der Waals surface area (Å²) in [7, 11) is 8.00. The van der Waals surface area contributed by atoms with Gasteiger partial charge in [-0.15, -0.1) is 0 Å². The summed E-state index contributed by atoms with van der Waals surface area (Å²) in [4.78, 5) is 73.1. The first kappa shape index (κ1) is 50.6. The number of aliphatic hydroxyl groups is 1. The molecule has 0 aliphatic carbocycles. The van der Waals surface area contributed by atoms with Crippen molar-refractivity contribution in [2.45, 2.75) is 142 Å². The van der Waals surface area contributed by atoms with Crippen LogP contribution in [0.5, 0.6) is 0 Å². The van der Waals surface area contributed by atoms with Crippen LogP contribution in [-0.4, -0.2) is 140 Å². The lowest BCUT2D eigenvalue weighted by Crippen LogP contribution is -2.60. The number of methoxy groups -OCH3 is 3. The molecule has 1 fully saturated rings. The fourth-order valence-corrected chi connectivity index (χ4v) is 8.38. The Labute approximate surface area is 348 Å². The van der Waals surface area contributed by atoms with E-state index in [2.05, 4.69) is 10.6 Å². The van der Waals surface area contributed by atoms with E-state index in [4.69, 9.17) is 14.2 Å². The zero-order valence-electron chi connectivity index (χ0n) is 37.5. The van der Waals surface area contributed by atoms with E-state index >= 15 is 0 Å². The number of carbonyl (C=O) groups is 5. The van der Waals surface area contributed by atoms with Gasteiger partial charge in [0.1, 0.15) is 6.04 Å². The van der Waals surface area contributed by atoms with Crippen LogP contribution >= 0.6 is 0 Å². The number of likely N-dealkylation sites (N-methyl/N-ethyl adjacent to an activating group) is 2. The summed E-state index contributed by atoms with van der Waals surface area (Å²) < 4.78 is 16.7. The van der Waals surface area contributed by atoms with Crippen molar-refractivity contribution in [2.24, 2.45) is 23.7 Å². The van der Waals surface area contributed by atoms with Gasteiger partial charge in [0, 0.05) is 34.2 Å². The van der Waals surface area contributed by atoms with Crippen molar-refractivity contribution in [3.05, 3.63) is 35.9 Å². The summed E-state index contributed by atoms with van der Waals surface area (Å²) in [6.07, 6.45) is 0.735. The number of hydrogen-bond acceptors (Lipinski definition) is 10. The molecule has 1 aromatic rings. The predicted octanol–water partition coefficient (Wildman–Crippen LogP) is 4.20. The van der Waals surface area contributed by atoms with E-state index in [9.17, 15) is 29.1 Å². The van der Waals surface area contributed by atoms with Crippen LogP contribution in [0.3, 0.4) is 0 Å². The minimum atomic E-state index is -0.890.